The molecular weight excluding hydrogens is 295 g/mol. The van der Waals surface area contributed by atoms with Gasteiger partial charge in [0.2, 0.25) is 0 Å². The Morgan fingerprint density at radius 1 is 0.652 bits per heavy atom. The normalized spacial score (nSPS) is 15.3. The second kappa shape index (κ2) is 6.30. The highest BCUT2D eigenvalue weighted by atomic mass is 31.1. The average Bonchev–Trinajstić information content (AvgIpc) is 2.79. The molecule has 1 aliphatic carbocycles. The van der Waals surface area contributed by atoms with E-state index >= 15 is 0 Å². The zero-order valence-corrected chi connectivity index (χ0v) is 14.3. The first kappa shape index (κ1) is 14.7. The van der Waals surface area contributed by atoms with Crippen molar-refractivity contribution >= 4 is 13.2 Å². The number of fused-ring (bicyclic) bond motifs is 2. The van der Waals surface area contributed by atoms with Crippen molar-refractivity contribution in [3.8, 4) is 0 Å². The standard InChI is InChI=1S/C22H21P/c1-23(19-11-3-2-4-12-19)22-20-13-7-5-9-17(20)15-16-18-10-6-8-14-21(18)22/h2-14,22H,15-16H2,1H3. The van der Waals surface area contributed by atoms with Gasteiger partial charge in [-0.15, -0.1) is 0 Å². The van der Waals surface area contributed by atoms with Gasteiger partial charge in [-0.1, -0.05) is 86.8 Å². The molecule has 0 aliphatic heterocycles. The lowest BCUT2D eigenvalue weighted by Gasteiger charge is -2.27. The highest BCUT2D eigenvalue weighted by molar-refractivity contribution is 7.65. The summed E-state index contributed by atoms with van der Waals surface area (Å²) in [6.07, 6.45) is 2.31. The zero-order valence-electron chi connectivity index (χ0n) is 13.4. The molecule has 0 saturated heterocycles. The first-order valence-electron chi connectivity index (χ1n) is 8.28. The molecule has 23 heavy (non-hydrogen) atoms. The molecule has 0 N–H and O–H groups in total. The number of hydrogen-bond donors (Lipinski definition) is 0. The van der Waals surface area contributed by atoms with Crippen molar-refractivity contribution in [3.05, 3.63) is 101 Å². The van der Waals surface area contributed by atoms with Crippen LogP contribution in [0, 0.1) is 0 Å². The monoisotopic (exact) mass is 316 g/mol. The van der Waals surface area contributed by atoms with Gasteiger partial charge in [-0.25, -0.2) is 0 Å². The first-order chi connectivity index (χ1) is 11.3. The van der Waals surface area contributed by atoms with Gasteiger partial charge in [-0.2, -0.15) is 0 Å². The molecule has 1 unspecified atom stereocenters. The molecule has 4 rings (SSSR count). The molecule has 1 atom stereocenters. The summed E-state index contributed by atoms with van der Waals surface area (Å²) in [5.74, 6) is 0. The molecule has 0 fully saturated rings. The van der Waals surface area contributed by atoms with Crippen LogP contribution in [0.1, 0.15) is 27.9 Å². The Balaban J connectivity index is 1.90. The SMILES string of the molecule is CP(c1ccccc1)C1c2ccccc2CCc2ccccc21. The second-order valence-corrected chi connectivity index (χ2v) is 8.50. The summed E-state index contributed by atoms with van der Waals surface area (Å²) >= 11 is 0. The molecule has 0 nitrogen and oxygen atoms in total. The predicted molar refractivity (Wildman–Crippen MR) is 101 cm³/mol. The number of aryl methyl sites for hydroxylation is 2. The van der Waals surface area contributed by atoms with Crippen LogP contribution < -0.4 is 5.30 Å². The van der Waals surface area contributed by atoms with E-state index in [0.29, 0.717) is 5.66 Å². The van der Waals surface area contributed by atoms with E-state index in [-0.39, 0.29) is 7.92 Å². The Morgan fingerprint density at radius 3 is 1.70 bits per heavy atom. The van der Waals surface area contributed by atoms with Gasteiger partial charge in [0.05, 0.1) is 0 Å². The van der Waals surface area contributed by atoms with Gasteiger partial charge in [0.15, 0.2) is 0 Å². The molecular formula is C22H21P. The third kappa shape index (κ3) is 2.73. The van der Waals surface area contributed by atoms with E-state index in [1.807, 2.05) is 0 Å². The van der Waals surface area contributed by atoms with Crippen molar-refractivity contribution in [2.24, 2.45) is 0 Å². The van der Waals surface area contributed by atoms with Gasteiger partial charge >= 0.3 is 0 Å². The van der Waals surface area contributed by atoms with Crippen LogP contribution in [0.4, 0.5) is 0 Å². The van der Waals surface area contributed by atoms with Gasteiger partial charge in [-0.05, 0) is 47.1 Å². The fourth-order valence-electron chi connectivity index (χ4n) is 3.72. The van der Waals surface area contributed by atoms with Crippen LogP contribution in [-0.2, 0) is 12.8 Å². The largest absolute Gasteiger partial charge is 0.0663 e. The van der Waals surface area contributed by atoms with Crippen LogP contribution in [0.15, 0.2) is 78.9 Å². The van der Waals surface area contributed by atoms with Crippen molar-refractivity contribution in [3.63, 3.8) is 0 Å². The van der Waals surface area contributed by atoms with Gasteiger partial charge in [0, 0.05) is 5.66 Å². The average molecular weight is 316 g/mol. The molecule has 0 radical (unpaired) electrons. The van der Waals surface area contributed by atoms with Crippen molar-refractivity contribution in [1.82, 2.24) is 0 Å². The summed E-state index contributed by atoms with van der Waals surface area (Å²) in [5.41, 5.74) is 6.63. The van der Waals surface area contributed by atoms with Crippen LogP contribution in [0.25, 0.3) is 0 Å². The molecule has 0 spiro atoms. The maximum Gasteiger partial charge on any atom is 0.0335 e. The Hall–Kier alpha value is -1.91. The molecule has 114 valence electrons. The van der Waals surface area contributed by atoms with E-state index in [2.05, 4.69) is 85.5 Å². The molecule has 0 amide bonds. The lowest BCUT2D eigenvalue weighted by atomic mass is 10.00. The molecule has 3 aromatic carbocycles. The molecule has 1 heteroatoms. The maximum atomic E-state index is 2.44. The van der Waals surface area contributed by atoms with Crippen LogP contribution >= 0.6 is 7.92 Å². The van der Waals surface area contributed by atoms with Crippen LogP contribution in [0.2, 0.25) is 0 Å². The molecule has 0 bridgehead atoms. The van der Waals surface area contributed by atoms with Crippen LogP contribution in [0.5, 0.6) is 0 Å². The number of rotatable bonds is 2. The van der Waals surface area contributed by atoms with E-state index in [9.17, 15) is 0 Å². The van der Waals surface area contributed by atoms with Gasteiger partial charge in [-0.3, -0.25) is 0 Å². The van der Waals surface area contributed by atoms with E-state index < -0.39 is 0 Å². The minimum atomic E-state index is -0.284. The smallest absolute Gasteiger partial charge is 0.0335 e. The Bertz CT molecular complexity index is 759. The third-order valence-corrected chi connectivity index (χ3v) is 7.36. The minimum Gasteiger partial charge on any atom is -0.0663 e. The lowest BCUT2D eigenvalue weighted by Crippen LogP contribution is -2.09. The zero-order chi connectivity index (χ0) is 15.6. The van der Waals surface area contributed by atoms with Crippen molar-refractivity contribution in [2.75, 3.05) is 6.66 Å². The molecule has 0 saturated carbocycles. The van der Waals surface area contributed by atoms with Gasteiger partial charge in [0.25, 0.3) is 0 Å². The highest BCUT2D eigenvalue weighted by Crippen LogP contribution is 2.53. The van der Waals surface area contributed by atoms with E-state index in [1.54, 1.807) is 0 Å². The van der Waals surface area contributed by atoms with Crippen molar-refractivity contribution < 1.29 is 0 Å². The fraction of sp³-hybridized carbons (Fsp3) is 0.182. The fourth-order valence-corrected chi connectivity index (χ4v) is 6.00. The topological polar surface area (TPSA) is 0 Å². The quantitative estimate of drug-likeness (QED) is 0.562. The van der Waals surface area contributed by atoms with Gasteiger partial charge < -0.3 is 0 Å². The highest BCUT2D eigenvalue weighted by Gasteiger charge is 2.28. The molecule has 1 aliphatic rings. The summed E-state index contributed by atoms with van der Waals surface area (Å²) in [4.78, 5) is 0. The van der Waals surface area contributed by atoms with Crippen molar-refractivity contribution in [1.29, 1.82) is 0 Å². The summed E-state index contributed by atoms with van der Waals surface area (Å²) in [6.45, 7) is 2.44. The summed E-state index contributed by atoms with van der Waals surface area (Å²) in [6, 6.07) is 29.2. The Kier molecular flexibility index (Phi) is 4.02. The molecule has 0 heterocycles. The van der Waals surface area contributed by atoms with E-state index in [0.717, 1.165) is 12.8 Å². The predicted octanol–water partition coefficient (Wildman–Crippen LogP) is 5.31. The van der Waals surface area contributed by atoms with Crippen molar-refractivity contribution in [2.45, 2.75) is 18.5 Å². The minimum absolute atomic E-state index is 0.284. The first-order valence-corrected chi connectivity index (χ1v) is 10.1. The number of hydrogen-bond acceptors (Lipinski definition) is 0. The number of benzene rings is 3. The third-order valence-electron chi connectivity index (χ3n) is 4.91. The van der Waals surface area contributed by atoms with Crippen LogP contribution in [-0.4, -0.2) is 6.66 Å². The second-order valence-electron chi connectivity index (χ2n) is 6.25. The Morgan fingerprint density at radius 2 is 1.13 bits per heavy atom. The van der Waals surface area contributed by atoms with Gasteiger partial charge in [0.1, 0.15) is 0 Å². The Labute approximate surface area is 139 Å². The molecule has 0 aromatic heterocycles. The lowest BCUT2D eigenvalue weighted by molar-refractivity contribution is 0.965. The van der Waals surface area contributed by atoms with Crippen LogP contribution in [0.3, 0.4) is 0 Å². The summed E-state index contributed by atoms with van der Waals surface area (Å²) in [5, 5.41) is 1.49. The van der Waals surface area contributed by atoms with E-state index in [1.165, 1.54) is 27.6 Å². The van der Waals surface area contributed by atoms with E-state index in [4.69, 9.17) is 0 Å². The molecule has 3 aromatic rings. The summed E-state index contributed by atoms with van der Waals surface area (Å²) < 4.78 is 0. The summed E-state index contributed by atoms with van der Waals surface area (Å²) in [7, 11) is -0.284. The maximum absolute atomic E-state index is 2.44.